The summed E-state index contributed by atoms with van der Waals surface area (Å²) in [6.07, 6.45) is 0.273. The first-order valence-corrected chi connectivity index (χ1v) is 9.36. The molecule has 0 radical (unpaired) electrons. The molecule has 0 aliphatic carbocycles. The molecule has 3 atom stereocenters. The smallest absolute Gasteiger partial charge is 0.326 e. The molecule has 0 bridgehead atoms. The molecular weight excluding hydrogens is 392 g/mol. The molecule has 29 heavy (non-hydrogen) atoms. The lowest BCUT2D eigenvalue weighted by atomic mass is 9.85. The van der Waals surface area contributed by atoms with Crippen LogP contribution in [0, 0.1) is 13.8 Å². The molecule has 3 rings (SSSR count). The molecule has 2 aromatic carbocycles. The van der Waals surface area contributed by atoms with Crippen molar-refractivity contribution in [3.05, 3.63) is 64.2 Å². The van der Waals surface area contributed by atoms with Crippen LogP contribution in [0.4, 0.5) is 0 Å². The fraction of sp³-hybridized carbons (Fsp3) is 0.364. The van der Waals surface area contributed by atoms with Gasteiger partial charge in [-0.3, -0.25) is 4.79 Å². The molecule has 4 N–H and O–H groups in total. The van der Waals surface area contributed by atoms with E-state index in [-0.39, 0.29) is 42.9 Å². The fourth-order valence-electron chi connectivity index (χ4n) is 4.23. The first kappa shape index (κ1) is 22.7. The maximum atomic E-state index is 13.2. The molecule has 0 saturated heterocycles. The highest BCUT2D eigenvalue weighted by molar-refractivity contribution is 5.88. The fourth-order valence-corrected chi connectivity index (χ4v) is 4.23. The number of nitrogens with zero attached hydrogens (tertiary/aromatic N) is 1. The van der Waals surface area contributed by atoms with Crippen LogP contribution in [0.1, 0.15) is 40.7 Å². The second-order valence-electron chi connectivity index (χ2n) is 7.60. The first-order chi connectivity index (χ1) is 13.2. The molecule has 0 spiro atoms. The van der Waals surface area contributed by atoms with Crippen LogP contribution in [-0.2, 0) is 22.6 Å². The molecule has 1 heterocycles. The van der Waals surface area contributed by atoms with Crippen LogP contribution in [0.25, 0.3) is 0 Å². The molecule has 1 aliphatic rings. The van der Waals surface area contributed by atoms with Crippen LogP contribution < -0.4 is 5.73 Å². The number of hydrogen-bond donors (Lipinski definition) is 3. The highest BCUT2D eigenvalue weighted by Gasteiger charge is 2.38. The number of halogens is 1. The molecule has 156 valence electrons. The third-order valence-electron chi connectivity index (χ3n) is 5.67. The van der Waals surface area contributed by atoms with Gasteiger partial charge in [-0.25, -0.2) is 4.79 Å². The van der Waals surface area contributed by atoms with Crippen molar-refractivity contribution in [3.63, 3.8) is 0 Å². The van der Waals surface area contributed by atoms with Crippen LogP contribution in [0.2, 0.25) is 0 Å². The summed E-state index contributed by atoms with van der Waals surface area (Å²) in [5, 5.41) is 19.4. The van der Waals surface area contributed by atoms with E-state index in [1.807, 2.05) is 45.0 Å². The lowest BCUT2D eigenvalue weighted by Crippen LogP contribution is -2.55. The van der Waals surface area contributed by atoms with Crippen molar-refractivity contribution in [3.8, 4) is 5.75 Å². The summed E-state index contributed by atoms with van der Waals surface area (Å²) in [6, 6.07) is 9.06. The number of phenolic OH excluding ortho intramolecular Hbond substituents is 1. The Bertz CT molecular complexity index is 908. The Morgan fingerprint density at radius 3 is 2.24 bits per heavy atom. The number of carboxylic acids is 1. The molecule has 0 fully saturated rings. The highest BCUT2D eigenvalue weighted by atomic mass is 35.5. The lowest BCUT2D eigenvalue weighted by molar-refractivity contribution is -0.152. The lowest BCUT2D eigenvalue weighted by Gasteiger charge is -2.37. The van der Waals surface area contributed by atoms with Gasteiger partial charge in [0.15, 0.2) is 0 Å². The maximum absolute atomic E-state index is 13.2. The van der Waals surface area contributed by atoms with Crippen molar-refractivity contribution in [1.82, 2.24) is 4.90 Å². The van der Waals surface area contributed by atoms with Gasteiger partial charge in [0.1, 0.15) is 11.8 Å². The molecule has 0 saturated carbocycles. The van der Waals surface area contributed by atoms with E-state index in [4.69, 9.17) is 5.73 Å². The van der Waals surface area contributed by atoms with Crippen LogP contribution >= 0.6 is 12.4 Å². The number of aliphatic carboxylic acids is 1. The zero-order chi connectivity index (χ0) is 20.6. The van der Waals surface area contributed by atoms with Crippen molar-refractivity contribution in [2.75, 3.05) is 0 Å². The van der Waals surface area contributed by atoms with Gasteiger partial charge in [-0.1, -0.05) is 31.2 Å². The van der Waals surface area contributed by atoms with Crippen LogP contribution in [0.3, 0.4) is 0 Å². The second kappa shape index (κ2) is 8.84. The molecule has 6 nitrogen and oxygen atoms in total. The highest BCUT2D eigenvalue weighted by Crippen LogP contribution is 2.31. The van der Waals surface area contributed by atoms with E-state index in [9.17, 15) is 19.8 Å². The van der Waals surface area contributed by atoms with Gasteiger partial charge in [0.05, 0.1) is 6.04 Å². The number of hydrogen-bond acceptors (Lipinski definition) is 4. The quantitative estimate of drug-likeness (QED) is 0.708. The van der Waals surface area contributed by atoms with Gasteiger partial charge in [0, 0.05) is 18.9 Å². The van der Waals surface area contributed by atoms with E-state index in [1.54, 1.807) is 12.1 Å². The number of aromatic hydroxyl groups is 1. The SMILES string of the molecule is Cc1cc(O)cc(C)c1[C@@H](C)[C@H](N)C(=O)N1Cc2ccccc2C[C@H]1C(=O)O.Cl. The van der Waals surface area contributed by atoms with Gasteiger partial charge < -0.3 is 20.8 Å². The zero-order valence-electron chi connectivity index (χ0n) is 16.8. The Kier molecular flexibility index (Phi) is 6.93. The summed E-state index contributed by atoms with van der Waals surface area (Å²) in [4.78, 5) is 26.4. The number of nitrogens with two attached hydrogens (primary N) is 1. The van der Waals surface area contributed by atoms with Crippen molar-refractivity contribution >= 4 is 24.3 Å². The van der Waals surface area contributed by atoms with Gasteiger partial charge in [0.25, 0.3) is 0 Å². The zero-order valence-corrected chi connectivity index (χ0v) is 17.6. The molecule has 2 aromatic rings. The molecular formula is C22H27ClN2O4. The van der Waals surface area contributed by atoms with E-state index in [2.05, 4.69) is 0 Å². The van der Waals surface area contributed by atoms with Crippen molar-refractivity contribution in [2.24, 2.45) is 5.73 Å². The molecule has 1 aliphatic heterocycles. The number of aryl methyl sites for hydroxylation is 2. The van der Waals surface area contributed by atoms with E-state index >= 15 is 0 Å². The number of carbonyl (C=O) groups is 2. The maximum Gasteiger partial charge on any atom is 0.326 e. The number of carboxylic acid groups (broad SMARTS) is 1. The van der Waals surface area contributed by atoms with E-state index in [0.717, 1.165) is 27.8 Å². The summed E-state index contributed by atoms with van der Waals surface area (Å²) >= 11 is 0. The van der Waals surface area contributed by atoms with E-state index in [0.29, 0.717) is 0 Å². The average Bonchev–Trinajstić information content (AvgIpc) is 2.64. The third-order valence-corrected chi connectivity index (χ3v) is 5.67. The van der Waals surface area contributed by atoms with Gasteiger partial charge in [-0.15, -0.1) is 12.4 Å². The Morgan fingerprint density at radius 2 is 1.69 bits per heavy atom. The van der Waals surface area contributed by atoms with E-state index in [1.165, 1.54) is 4.90 Å². The topological polar surface area (TPSA) is 104 Å². The largest absolute Gasteiger partial charge is 0.508 e. The van der Waals surface area contributed by atoms with E-state index < -0.39 is 18.1 Å². The molecule has 0 aromatic heterocycles. The number of phenols is 1. The predicted molar refractivity (Wildman–Crippen MR) is 113 cm³/mol. The number of fused-ring (bicyclic) bond motifs is 1. The Labute approximate surface area is 176 Å². The van der Waals surface area contributed by atoms with Crippen LogP contribution in [0.15, 0.2) is 36.4 Å². The van der Waals surface area contributed by atoms with Gasteiger partial charge >= 0.3 is 5.97 Å². The van der Waals surface area contributed by atoms with Crippen molar-refractivity contribution in [1.29, 1.82) is 0 Å². The minimum absolute atomic E-state index is 0. The number of rotatable bonds is 4. The Hall–Kier alpha value is -2.57. The van der Waals surface area contributed by atoms with Crippen LogP contribution in [0.5, 0.6) is 5.75 Å². The first-order valence-electron chi connectivity index (χ1n) is 9.36. The van der Waals surface area contributed by atoms with Gasteiger partial charge in [-0.2, -0.15) is 0 Å². The van der Waals surface area contributed by atoms with Crippen molar-refractivity contribution < 1.29 is 19.8 Å². The van der Waals surface area contributed by atoms with Gasteiger partial charge in [-0.05, 0) is 53.8 Å². The summed E-state index contributed by atoms with van der Waals surface area (Å²) in [6.45, 7) is 5.84. The molecule has 7 heteroatoms. The number of carbonyl (C=O) groups excluding carboxylic acids is 1. The number of benzene rings is 2. The second-order valence-corrected chi connectivity index (χ2v) is 7.60. The molecule has 0 unspecified atom stereocenters. The Morgan fingerprint density at radius 1 is 1.14 bits per heavy atom. The minimum Gasteiger partial charge on any atom is -0.508 e. The minimum atomic E-state index is -1.03. The average molecular weight is 419 g/mol. The monoisotopic (exact) mass is 418 g/mol. The van der Waals surface area contributed by atoms with Crippen molar-refractivity contribution in [2.45, 2.75) is 51.7 Å². The summed E-state index contributed by atoms with van der Waals surface area (Å²) in [5.74, 6) is -1.55. The van der Waals surface area contributed by atoms with Gasteiger partial charge in [0.2, 0.25) is 5.91 Å². The summed E-state index contributed by atoms with van der Waals surface area (Å²) in [5.41, 5.74) is 10.8. The molecule has 1 amide bonds. The predicted octanol–water partition coefficient (Wildman–Crippen LogP) is 2.90. The Balaban J connectivity index is 0.00000300. The number of amides is 1. The normalized spacial score (nSPS) is 17.7. The summed E-state index contributed by atoms with van der Waals surface area (Å²) < 4.78 is 0. The standard InChI is InChI=1S/C22H26N2O4.ClH/c1-12-8-17(25)9-13(2)19(12)14(3)20(23)21(26)24-11-16-7-5-4-6-15(16)10-18(24)22(27)28;/h4-9,14,18,20,25H,10-11,23H2,1-3H3,(H,27,28);1H/t14-,18+,20+;/m1./s1. The summed E-state index contributed by atoms with van der Waals surface area (Å²) in [7, 11) is 0. The van der Waals surface area contributed by atoms with Crippen LogP contribution in [-0.4, -0.2) is 39.1 Å². The third kappa shape index (κ3) is 4.38.